The number of rotatable bonds is 3. The third-order valence-corrected chi connectivity index (χ3v) is 2.98. The van der Waals surface area contributed by atoms with Crippen LogP contribution in [0.2, 0.25) is 0 Å². The minimum Gasteiger partial charge on any atom is -0.457 e. The number of halogens is 2. The standard InChI is InChI=1S/C14H13BrFNO/c1-9(17)13-8-11(16)5-6-14(13)18-12-4-2-3-10(15)7-12/h2-9H,17H2,1H3/t9-/m0/s1. The molecule has 2 nitrogen and oxygen atoms in total. The van der Waals surface area contributed by atoms with Crippen LogP contribution in [0.15, 0.2) is 46.9 Å². The molecule has 0 unspecified atom stereocenters. The van der Waals surface area contributed by atoms with Gasteiger partial charge in [-0.2, -0.15) is 0 Å². The topological polar surface area (TPSA) is 35.2 Å². The third kappa shape index (κ3) is 3.09. The van der Waals surface area contributed by atoms with Crippen LogP contribution in [0.3, 0.4) is 0 Å². The van der Waals surface area contributed by atoms with E-state index in [1.165, 1.54) is 12.1 Å². The Balaban J connectivity index is 2.34. The second kappa shape index (κ2) is 5.50. The van der Waals surface area contributed by atoms with E-state index in [4.69, 9.17) is 10.5 Å². The molecule has 18 heavy (non-hydrogen) atoms. The van der Waals surface area contributed by atoms with Gasteiger partial charge in [0, 0.05) is 16.1 Å². The van der Waals surface area contributed by atoms with Crippen LogP contribution in [0, 0.1) is 5.82 Å². The van der Waals surface area contributed by atoms with Crippen molar-refractivity contribution in [1.29, 1.82) is 0 Å². The van der Waals surface area contributed by atoms with Crippen LogP contribution >= 0.6 is 15.9 Å². The van der Waals surface area contributed by atoms with Crippen molar-refractivity contribution < 1.29 is 9.13 Å². The molecule has 0 spiro atoms. The Morgan fingerprint density at radius 2 is 2.00 bits per heavy atom. The van der Waals surface area contributed by atoms with Crippen molar-refractivity contribution in [1.82, 2.24) is 0 Å². The lowest BCUT2D eigenvalue weighted by molar-refractivity contribution is 0.469. The number of ether oxygens (including phenoxy) is 1. The van der Waals surface area contributed by atoms with Crippen LogP contribution in [0.5, 0.6) is 11.5 Å². The van der Waals surface area contributed by atoms with Gasteiger partial charge in [0.25, 0.3) is 0 Å². The molecule has 0 aromatic heterocycles. The highest BCUT2D eigenvalue weighted by atomic mass is 79.9. The molecule has 0 heterocycles. The zero-order valence-corrected chi connectivity index (χ0v) is 11.4. The molecule has 0 saturated carbocycles. The van der Waals surface area contributed by atoms with Crippen molar-refractivity contribution in [2.45, 2.75) is 13.0 Å². The van der Waals surface area contributed by atoms with Crippen LogP contribution in [0.4, 0.5) is 4.39 Å². The van der Waals surface area contributed by atoms with E-state index in [1.807, 2.05) is 24.3 Å². The maximum Gasteiger partial charge on any atom is 0.132 e. The lowest BCUT2D eigenvalue weighted by Crippen LogP contribution is -2.07. The van der Waals surface area contributed by atoms with Gasteiger partial charge in [-0.3, -0.25) is 0 Å². The molecule has 2 aromatic rings. The molecule has 4 heteroatoms. The number of hydrogen-bond acceptors (Lipinski definition) is 2. The highest BCUT2D eigenvalue weighted by Gasteiger charge is 2.10. The van der Waals surface area contributed by atoms with E-state index in [0.717, 1.165) is 4.47 Å². The molecule has 0 saturated heterocycles. The summed E-state index contributed by atoms with van der Waals surface area (Å²) in [6.45, 7) is 1.79. The minimum atomic E-state index is -0.316. The average molecular weight is 310 g/mol. The summed E-state index contributed by atoms with van der Waals surface area (Å²) in [4.78, 5) is 0. The normalized spacial score (nSPS) is 12.2. The summed E-state index contributed by atoms with van der Waals surface area (Å²) in [5.74, 6) is 0.936. The van der Waals surface area contributed by atoms with Gasteiger partial charge in [0.1, 0.15) is 17.3 Å². The molecule has 2 rings (SSSR count). The van der Waals surface area contributed by atoms with Gasteiger partial charge in [-0.15, -0.1) is 0 Å². The summed E-state index contributed by atoms with van der Waals surface area (Å²) in [6.07, 6.45) is 0. The Bertz CT molecular complexity index is 557. The first-order chi connectivity index (χ1) is 8.56. The summed E-state index contributed by atoms with van der Waals surface area (Å²) in [5, 5.41) is 0. The van der Waals surface area contributed by atoms with Crippen molar-refractivity contribution in [2.75, 3.05) is 0 Å². The number of benzene rings is 2. The van der Waals surface area contributed by atoms with E-state index >= 15 is 0 Å². The summed E-state index contributed by atoms with van der Waals surface area (Å²) in [6, 6.07) is 11.5. The van der Waals surface area contributed by atoms with Gasteiger partial charge >= 0.3 is 0 Å². The molecule has 0 aliphatic rings. The maximum atomic E-state index is 13.2. The quantitative estimate of drug-likeness (QED) is 0.912. The Labute approximate surface area is 114 Å². The fourth-order valence-corrected chi connectivity index (χ4v) is 2.00. The van der Waals surface area contributed by atoms with Crippen molar-refractivity contribution >= 4 is 15.9 Å². The van der Waals surface area contributed by atoms with Crippen molar-refractivity contribution in [2.24, 2.45) is 5.73 Å². The molecule has 2 aromatic carbocycles. The van der Waals surface area contributed by atoms with E-state index in [2.05, 4.69) is 15.9 Å². The number of hydrogen-bond donors (Lipinski definition) is 1. The lowest BCUT2D eigenvalue weighted by Gasteiger charge is -2.14. The minimum absolute atomic E-state index is 0.289. The molecular weight excluding hydrogens is 297 g/mol. The summed E-state index contributed by atoms with van der Waals surface area (Å²) in [5.41, 5.74) is 6.46. The first-order valence-corrected chi connectivity index (χ1v) is 6.34. The maximum absolute atomic E-state index is 13.2. The van der Waals surface area contributed by atoms with Gasteiger partial charge in [0.15, 0.2) is 0 Å². The Hall–Kier alpha value is -1.39. The van der Waals surface area contributed by atoms with E-state index in [0.29, 0.717) is 17.1 Å². The van der Waals surface area contributed by atoms with Crippen LogP contribution in [-0.4, -0.2) is 0 Å². The fourth-order valence-electron chi connectivity index (χ4n) is 1.63. The predicted molar refractivity (Wildman–Crippen MR) is 73.2 cm³/mol. The van der Waals surface area contributed by atoms with Crippen molar-refractivity contribution in [3.8, 4) is 11.5 Å². The van der Waals surface area contributed by atoms with E-state index in [9.17, 15) is 4.39 Å². The smallest absolute Gasteiger partial charge is 0.132 e. The molecule has 0 aliphatic carbocycles. The van der Waals surface area contributed by atoms with E-state index in [1.54, 1.807) is 13.0 Å². The molecule has 0 bridgehead atoms. The summed E-state index contributed by atoms with van der Waals surface area (Å²) < 4.78 is 19.8. The van der Waals surface area contributed by atoms with Crippen LogP contribution in [0.1, 0.15) is 18.5 Å². The highest BCUT2D eigenvalue weighted by molar-refractivity contribution is 9.10. The molecular formula is C14H13BrFNO. The fraction of sp³-hybridized carbons (Fsp3) is 0.143. The van der Waals surface area contributed by atoms with Crippen LogP contribution < -0.4 is 10.5 Å². The molecule has 0 radical (unpaired) electrons. The number of nitrogens with two attached hydrogens (primary N) is 1. The predicted octanol–water partition coefficient (Wildman–Crippen LogP) is 4.40. The van der Waals surface area contributed by atoms with Gasteiger partial charge in [0.2, 0.25) is 0 Å². The monoisotopic (exact) mass is 309 g/mol. The Morgan fingerprint density at radius 3 is 2.67 bits per heavy atom. The second-order valence-electron chi connectivity index (χ2n) is 4.03. The zero-order chi connectivity index (χ0) is 13.1. The van der Waals surface area contributed by atoms with E-state index in [-0.39, 0.29) is 11.9 Å². The highest BCUT2D eigenvalue weighted by Crippen LogP contribution is 2.30. The summed E-state index contributed by atoms with van der Waals surface area (Å²) >= 11 is 3.37. The molecule has 1 atom stereocenters. The van der Waals surface area contributed by atoms with Gasteiger partial charge in [-0.1, -0.05) is 22.0 Å². The molecule has 0 fully saturated rings. The van der Waals surface area contributed by atoms with Gasteiger partial charge in [0.05, 0.1) is 0 Å². The largest absolute Gasteiger partial charge is 0.457 e. The second-order valence-corrected chi connectivity index (χ2v) is 4.95. The molecule has 0 amide bonds. The molecule has 2 N–H and O–H groups in total. The average Bonchev–Trinajstić information content (AvgIpc) is 2.31. The Morgan fingerprint density at radius 1 is 1.22 bits per heavy atom. The first kappa shape index (κ1) is 13.1. The zero-order valence-electron chi connectivity index (χ0n) is 9.86. The van der Waals surface area contributed by atoms with E-state index < -0.39 is 0 Å². The van der Waals surface area contributed by atoms with Crippen LogP contribution in [-0.2, 0) is 0 Å². The third-order valence-electron chi connectivity index (χ3n) is 2.49. The SMILES string of the molecule is C[C@H](N)c1cc(F)ccc1Oc1cccc(Br)c1. The van der Waals surface area contributed by atoms with Gasteiger partial charge in [-0.05, 0) is 43.3 Å². The summed E-state index contributed by atoms with van der Waals surface area (Å²) in [7, 11) is 0. The Kier molecular flexibility index (Phi) is 3.99. The van der Waals surface area contributed by atoms with Crippen molar-refractivity contribution in [3.63, 3.8) is 0 Å². The molecule has 94 valence electrons. The van der Waals surface area contributed by atoms with Crippen molar-refractivity contribution in [3.05, 3.63) is 58.3 Å². The molecule has 0 aliphatic heterocycles. The van der Waals surface area contributed by atoms with Gasteiger partial charge in [-0.25, -0.2) is 4.39 Å². The van der Waals surface area contributed by atoms with Gasteiger partial charge < -0.3 is 10.5 Å². The first-order valence-electron chi connectivity index (χ1n) is 5.54. The lowest BCUT2D eigenvalue weighted by atomic mass is 10.1. The van der Waals surface area contributed by atoms with Crippen LogP contribution in [0.25, 0.3) is 0 Å².